The minimum atomic E-state index is -4.19. The molecule has 0 aromatic heterocycles. The summed E-state index contributed by atoms with van der Waals surface area (Å²) < 4.78 is 29.8. The third-order valence-corrected chi connectivity index (χ3v) is 9.92. The first-order valence-electron chi connectivity index (χ1n) is 15.4. The Labute approximate surface area is 278 Å². The maximum Gasteiger partial charge on any atom is 0.264 e. The highest BCUT2D eigenvalue weighted by Gasteiger charge is 2.35. The molecule has 2 amide bonds. The van der Waals surface area contributed by atoms with Crippen molar-refractivity contribution in [3.8, 4) is 0 Å². The van der Waals surface area contributed by atoms with Crippen molar-refractivity contribution < 1.29 is 18.0 Å². The van der Waals surface area contributed by atoms with Crippen LogP contribution in [-0.4, -0.2) is 44.3 Å². The SMILES string of the molecule is Cc1ccc(S(=O)(=O)N(CC(=O)N(Cc2ccccc2Cl)[C@@H](Cc2ccccc2)C(=O)NCC(C)C)c2cc(C)ccc2C)cc1. The number of sulfonamides is 1. The van der Waals surface area contributed by atoms with Crippen LogP contribution in [-0.2, 0) is 32.6 Å². The lowest BCUT2D eigenvalue weighted by Gasteiger charge is -2.34. The van der Waals surface area contributed by atoms with Crippen LogP contribution >= 0.6 is 11.6 Å². The molecule has 0 heterocycles. The van der Waals surface area contributed by atoms with Crippen LogP contribution in [0.1, 0.15) is 41.7 Å². The highest BCUT2D eigenvalue weighted by Crippen LogP contribution is 2.29. The first kappa shape index (κ1) is 34.7. The van der Waals surface area contributed by atoms with Gasteiger partial charge in [-0.3, -0.25) is 13.9 Å². The maximum absolute atomic E-state index is 14.6. The molecule has 242 valence electrons. The Morgan fingerprint density at radius 1 is 0.826 bits per heavy atom. The molecule has 0 unspecified atom stereocenters. The van der Waals surface area contributed by atoms with E-state index in [0.717, 1.165) is 21.0 Å². The number of benzene rings is 4. The summed E-state index contributed by atoms with van der Waals surface area (Å²) in [6.45, 7) is 9.48. The van der Waals surface area contributed by atoms with Crippen LogP contribution in [0, 0.1) is 26.7 Å². The molecule has 0 aliphatic rings. The van der Waals surface area contributed by atoms with E-state index >= 15 is 0 Å². The fraction of sp³-hybridized carbons (Fsp3) is 0.297. The Morgan fingerprint density at radius 2 is 1.46 bits per heavy atom. The summed E-state index contributed by atoms with van der Waals surface area (Å²) in [6.07, 6.45) is 0.231. The highest BCUT2D eigenvalue weighted by atomic mass is 35.5. The van der Waals surface area contributed by atoms with Crippen molar-refractivity contribution in [2.24, 2.45) is 5.92 Å². The van der Waals surface area contributed by atoms with Crippen molar-refractivity contribution >= 4 is 39.1 Å². The quantitative estimate of drug-likeness (QED) is 0.170. The van der Waals surface area contributed by atoms with E-state index in [4.69, 9.17) is 11.6 Å². The Morgan fingerprint density at radius 3 is 2.11 bits per heavy atom. The van der Waals surface area contributed by atoms with E-state index in [-0.39, 0.29) is 29.7 Å². The van der Waals surface area contributed by atoms with Crippen LogP contribution in [0.5, 0.6) is 0 Å². The molecule has 0 saturated heterocycles. The largest absolute Gasteiger partial charge is 0.354 e. The summed E-state index contributed by atoms with van der Waals surface area (Å²) in [5.41, 5.74) is 4.36. The summed E-state index contributed by atoms with van der Waals surface area (Å²) in [7, 11) is -4.19. The van der Waals surface area contributed by atoms with Gasteiger partial charge in [0.1, 0.15) is 12.6 Å². The number of carbonyl (C=O) groups excluding carboxylic acids is 2. The molecule has 0 saturated carbocycles. The molecule has 0 radical (unpaired) electrons. The molecule has 0 bridgehead atoms. The lowest BCUT2D eigenvalue weighted by Crippen LogP contribution is -2.53. The van der Waals surface area contributed by atoms with E-state index in [1.54, 1.807) is 48.5 Å². The molecular formula is C37H42ClN3O4S. The second-order valence-corrected chi connectivity index (χ2v) is 14.3. The van der Waals surface area contributed by atoms with Crippen molar-refractivity contribution in [1.82, 2.24) is 10.2 Å². The topological polar surface area (TPSA) is 86.8 Å². The zero-order valence-corrected chi connectivity index (χ0v) is 28.6. The Balaban J connectivity index is 1.84. The molecular weight excluding hydrogens is 618 g/mol. The number of anilines is 1. The predicted molar refractivity (Wildman–Crippen MR) is 185 cm³/mol. The molecule has 1 atom stereocenters. The number of hydrogen-bond donors (Lipinski definition) is 1. The molecule has 46 heavy (non-hydrogen) atoms. The molecule has 0 aliphatic carbocycles. The molecule has 0 fully saturated rings. The van der Waals surface area contributed by atoms with E-state index in [1.807, 2.05) is 83.1 Å². The van der Waals surface area contributed by atoms with Gasteiger partial charge in [-0.25, -0.2) is 8.42 Å². The number of amides is 2. The van der Waals surface area contributed by atoms with Gasteiger partial charge in [0.05, 0.1) is 10.6 Å². The normalized spacial score (nSPS) is 12.1. The Kier molecular flexibility index (Phi) is 11.7. The highest BCUT2D eigenvalue weighted by molar-refractivity contribution is 7.92. The van der Waals surface area contributed by atoms with Gasteiger partial charge in [0, 0.05) is 24.5 Å². The fourth-order valence-electron chi connectivity index (χ4n) is 5.13. The first-order valence-corrected chi connectivity index (χ1v) is 17.2. The molecule has 4 aromatic rings. The standard InChI is InChI=1S/C37H42ClN3O4S/c1-26(2)23-39-37(43)35(22-30-11-7-6-8-12-30)40(24-31-13-9-10-14-33(31)38)36(42)25-41(34-21-28(4)15-18-29(34)5)46(44,45)32-19-16-27(3)17-20-32/h6-21,26,35H,22-25H2,1-5H3,(H,39,43)/t35-/m0/s1. The zero-order valence-electron chi connectivity index (χ0n) is 27.0. The molecule has 4 rings (SSSR count). The summed E-state index contributed by atoms with van der Waals surface area (Å²) in [4.78, 5) is 30.1. The van der Waals surface area contributed by atoms with Gasteiger partial charge >= 0.3 is 0 Å². The van der Waals surface area contributed by atoms with Gasteiger partial charge in [0.25, 0.3) is 10.0 Å². The van der Waals surface area contributed by atoms with Crippen LogP contribution in [0.3, 0.4) is 0 Å². The fourth-order valence-corrected chi connectivity index (χ4v) is 6.79. The molecule has 1 N–H and O–H groups in total. The predicted octanol–water partition coefficient (Wildman–Crippen LogP) is 6.87. The van der Waals surface area contributed by atoms with Crippen molar-refractivity contribution in [3.05, 3.63) is 130 Å². The molecule has 9 heteroatoms. The van der Waals surface area contributed by atoms with E-state index < -0.39 is 28.5 Å². The van der Waals surface area contributed by atoms with Gasteiger partial charge in [0.15, 0.2) is 0 Å². The number of halogens is 1. The summed E-state index contributed by atoms with van der Waals surface area (Å²) in [6, 6.07) is 27.8. The average molecular weight is 660 g/mol. The van der Waals surface area contributed by atoms with Crippen LogP contribution in [0.4, 0.5) is 5.69 Å². The summed E-state index contributed by atoms with van der Waals surface area (Å²) >= 11 is 6.58. The third-order valence-electron chi connectivity index (χ3n) is 7.78. The number of nitrogens with zero attached hydrogens (tertiary/aromatic N) is 2. The second-order valence-electron chi connectivity index (χ2n) is 12.1. The second kappa shape index (κ2) is 15.4. The zero-order chi connectivity index (χ0) is 33.4. The van der Waals surface area contributed by atoms with Crippen molar-refractivity contribution in [1.29, 1.82) is 0 Å². The third kappa shape index (κ3) is 8.77. The van der Waals surface area contributed by atoms with Crippen LogP contribution in [0.25, 0.3) is 0 Å². The van der Waals surface area contributed by atoms with Gasteiger partial charge in [-0.05, 0) is 73.2 Å². The minimum absolute atomic E-state index is 0.0102. The summed E-state index contributed by atoms with van der Waals surface area (Å²) in [5, 5.41) is 3.45. The van der Waals surface area contributed by atoms with Crippen LogP contribution in [0.2, 0.25) is 5.02 Å². The number of nitrogens with one attached hydrogen (secondary N) is 1. The maximum atomic E-state index is 14.6. The molecule has 4 aromatic carbocycles. The first-order chi connectivity index (χ1) is 21.9. The van der Waals surface area contributed by atoms with E-state index in [0.29, 0.717) is 28.4 Å². The lowest BCUT2D eigenvalue weighted by atomic mass is 10.0. The van der Waals surface area contributed by atoms with Crippen molar-refractivity contribution in [2.75, 3.05) is 17.4 Å². The van der Waals surface area contributed by atoms with Crippen molar-refractivity contribution in [2.45, 2.75) is 58.5 Å². The summed E-state index contributed by atoms with van der Waals surface area (Å²) in [5.74, 6) is -0.664. The number of aryl methyl sites for hydroxylation is 3. The monoisotopic (exact) mass is 659 g/mol. The number of rotatable bonds is 13. The lowest BCUT2D eigenvalue weighted by molar-refractivity contribution is -0.140. The number of hydrogen-bond acceptors (Lipinski definition) is 4. The van der Waals surface area contributed by atoms with Gasteiger partial charge in [-0.15, -0.1) is 0 Å². The smallest absolute Gasteiger partial charge is 0.264 e. The van der Waals surface area contributed by atoms with Gasteiger partial charge in [-0.1, -0.05) is 104 Å². The van der Waals surface area contributed by atoms with Crippen molar-refractivity contribution in [3.63, 3.8) is 0 Å². The molecule has 0 aliphatic heterocycles. The Bertz CT molecular complexity index is 1760. The molecule has 7 nitrogen and oxygen atoms in total. The van der Waals surface area contributed by atoms with E-state index in [9.17, 15) is 18.0 Å². The number of carbonyl (C=O) groups is 2. The Hall–Kier alpha value is -4.14. The van der Waals surface area contributed by atoms with Gasteiger partial charge < -0.3 is 10.2 Å². The van der Waals surface area contributed by atoms with E-state index in [1.165, 1.54) is 4.90 Å². The molecule has 0 spiro atoms. The minimum Gasteiger partial charge on any atom is -0.354 e. The van der Waals surface area contributed by atoms with Gasteiger partial charge in [-0.2, -0.15) is 0 Å². The van der Waals surface area contributed by atoms with Gasteiger partial charge in [0.2, 0.25) is 11.8 Å². The average Bonchev–Trinajstić information content (AvgIpc) is 3.03. The van der Waals surface area contributed by atoms with Crippen LogP contribution in [0.15, 0.2) is 102 Å². The van der Waals surface area contributed by atoms with Crippen LogP contribution < -0.4 is 9.62 Å². The van der Waals surface area contributed by atoms with E-state index in [2.05, 4.69) is 5.32 Å².